The fourth-order valence-corrected chi connectivity index (χ4v) is 1.70. The highest BCUT2D eigenvalue weighted by atomic mass is 16.1. The van der Waals surface area contributed by atoms with Crippen LogP contribution in [-0.2, 0) is 11.2 Å². The van der Waals surface area contributed by atoms with Gasteiger partial charge in [-0.25, -0.2) is 0 Å². The molecule has 1 aliphatic rings. The number of carbonyl (C=O) groups excluding carboxylic acids is 1. The van der Waals surface area contributed by atoms with Crippen LogP contribution in [0.4, 0.5) is 5.69 Å². The Morgan fingerprint density at radius 2 is 2.15 bits per heavy atom. The summed E-state index contributed by atoms with van der Waals surface area (Å²) < 4.78 is 0. The Bertz CT molecular complexity index is 405. The second-order valence-electron chi connectivity index (χ2n) is 3.39. The predicted molar refractivity (Wildman–Crippen MR) is 53.2 cm³/mol. The van der Waals surface area contributed by atoms with Gasteiger partial charge in [-0.15, -0.1) is 0 Å². The van der Waals surface area contributed by atoms with Crippen LogP contribution in [0, 0.1) is 0 Å². The Labute approximate surface area is 77.1 Å². The van der Waals surface area contributed by atoms with Gasteiger partial charge in [-0.05, 0) is 41.8 Å². The molecule has 0 atom stereocenters. The molecule has 1 aromatic carbocycles. The molecule has 0 heterocycles. The number of ketones is 1. The number of benzene rings is 1. The zero-order valence-corrected chi connectivity index (χ0v) is 7.50. The molecule has 0 aliphatic heterocycles. The summed E-state index contributed by atoms with van der Waals surface area (Å²) in [6.45, 7) is 1.95. The lowest BCUT2D eigenvalue weighted by Gasteiger charge is -2.14. The van der Waals surface area contributed by atoms with Crippen LogP contribution in [0.1, 0.15) is 18.1 Å². The third-order valence-electron chi connectivity index (χ3n) is 2.30. The standard InChI is InChI=1S/C11H11NO/c1-7-4-10(13)6-8-5-9(12)2-3-11(7)8/h2-5H,6,12H2,1H3. The Kier molecular flexibility index (Phi) is 1.69. The van der Waals surface area contributed by atoms with Crippen molar-refractivity contribution >= 4 is 17.0 Å². The van der Waals surface area contributed by atoms with E-state index in [1.807, 2.05) is 25.1 Å². The zero-order chi connectivity index (χ0) is 9.42. The summed E-state index contributed by atoms with van der Waals surface area (Å²) in [6.07, 6.45) is 2.18. The SMILES string of the molecule is CC1=CC(=O)Cc2cc(N)ccc21. The molecule has 2 heteroatoms. The van der Waals surface area contributed by atoms with E-state index < -0.39 is 0 Å². The topological polar surface area (TPSA) is 43.1 Å². The monoisotopic (exact) mass is 173 g/mol. The van der Waals surface area contributed by atoms with Gasteiger partial charge in [0.05, 0.1) is 0 Å². The minimum absolute atomic E-state index is 0.163. The van der Waals surface area contributed by atoms with Gasteiger partial charge in [0.1, 0.15) is 0 Å². The summed E-state index contributed by atoms with van der Waals surface area (Å²) in [5.41, 5.74) is 9.59. The summed E-state index contributed by atoms with van der Waals surface area (Å²) in [5, 5.41) is 0. The summed E-state index contributed by atoms with van der Waals surface area (Å²) in [7, 11) is 0. The zero-order valence-electron chi connectivity index (χ0n) is 7.50. The van der Waals surface area contributed by atoms with Crippen molar-refractivity contribution in [1.82, 2.24) is 0 Å². The van der Waals surface area contributed by atoms with Crippen molar-refractivity contribution in [1.29, 1.82) is 0 Å². The summed E-state index contributed by atoms with van der Waals surface area (Å²) in [6, 6.07) is 5.72. The smallest absolute Gasteiger partial charge is 0.160 e. The van der Waals surface area contributed by atoms with Gasteiger partial charge in [0.2, 0.25) is 0 Å². The molecule has 0 saturated heterocycles. The molecular formula is C11H11NO. The first kappa shape index (κ1) is 8.05. The van der Waals surface area contributed by atoms with Crippen LogP contribution in [0.5, 0.6) is 0 Å². The molecule has 2 rings (SSSR count). The minimum atomic E-state index is 0.163. The third kappa shape index (κ3) is 1.35. The van der Waals surface area contributed by atoms with E-state index in [-0.39, 0.29) is 5.78 Å². The van der Waals surface area contributed by atoms with E-state index in [1.54, 1.807) is 6.08 Å². The molecule has 0 radical (unpaired) electrons. The molecule has 1 aliphatic carbocycles. The molecule has 2 nitrogen and oxygen atoms in total. The van der Waals surface area contributed by atoms with Gasteiger partial charge in [-0.2, -0.15) is 0 Å². The highest BCUT2D eigenvalue weighted by molar-refractivity contribution is 6.01. The van der Waals surface area contributed by atoms with Crippen molar-refractivity contribution in [2.24, 2.45) is 0 Å². The average Bonchev–Trinajstić information content (AvgIpc) is 2.02. The van der Waals surface area contributed by atoms with Gasteiger partial charge in [-0.3, -0.25) is 4.79 Å². The number of hydrogen-bond donors (Lipinski definition) is 1. The molecule has 0 spiro atoms. The molecule has 0 bridgehead atoms. The second-order valence-corrected chi connectivity index (χ2v) is 3.39. The first-order valence-electron chi connectivity index (χ1n) is 4.27. The van der Waals surface area contributed by atoms with Crippen molar-refractivity contribution in [3.63, 3.8) is 0 Å². The molecule has 1 aromatic rings. The fraction of sp³-hybridized carbons (Fsp3) is 0.182. The van der Waals surface area contributed by atoms with Gasteiger partial charge in [0, 0.05) is 12.1 Å². The van der Waals surface area contributed by atoms with E-state index in [2.05, 4.69) is 0 Å². The maximum Gasteiger partial charge on any atom is 0.160 e. The predicted octanol–water partition coefficient (Wildman–Crippen LogP) is 1.80. The van der Waals surface area contributed by atoms with Crippen molar-refractivity contribution in [3.8, 4) is 0 Å². The van der Waals surface area contributed by atoms with Crippen LogP contribution < -0.4 is 5.73 Å². The Morgan fingerprint density at radius 1 is 1.38 bits per heavy atom. The number of rotatable bonds is 0. The quantitative estimate of drug-likeness (QED) is 0.608. The number of nitrogen functional groups attached to an aromatic ring is 1. The minimum Gasteiger partial charge on any atom is -0.399 e. The lowest BCUT2D eigenvalue weighted by molar-refractivity contribution is -0.114. The Balaban J connectivity index is 2.60. The second kappa shape index (κ2) is 2.73. The molecule has 0 unspecified atom stereocenters. The normalized spacial score (nSPS) is 15.2. The van der Waals surface area contributed by atoms with E-state index >= 15 is 0 Å². The highest BCUT2D eigenvalue weighted by Gasteiger charge is 2.14. The maximum atomic E-state index is 11.2. The Hall–Kier alpha value is -1.57. The molecule has 13 heavy (non-hydrogen) atoms. The maximum absolute atomic E-state index is 11.2. The molecule has 66 valence electrons. The van der Waals surface area contributed by atoms with Crippen LogP contribution in [0.25, 0.3) is 5.57 Å². The van der Waals surface area contributed by atoms with Gasteiger partial charge in [-0.1, -0.05) is 6.07 Å². The van der Waals surface area contributed by atoms with E-state index in [1.165, 1.54) is 0 Å². The number of fused-ring (bicyclic) bond motifs is 1. The summed E-state index contributed by atoms with van der Waals surface area (Å²) >= 11 is 0. The van der Waals surface area contributed by atoms with Gasteiger partial charge < -0.3 is 5.73 Å². The van der Waals surface area contributed by atoms with Crippen LogP contribution in [0.15, 0.2) is 24.3 Å². The number of carbonyl (C=O) groups is 1. The van der Waals surface area contributed by atoms with E-state index in [0.29, 0.717) is 6.42 Å². The van der Waals surface area contributed by atoms with Crippen LogP contribution in [0.2, 0.25) is 0 Å². The van der Waals surface area contributed by atoms with E-state index in [4.69, 9.17) is 5.73 Å². The lowest BCUT2D eigenvalue weighted by atomic mass is 9.91. The molecule has 0 saturated carbocycles. The number of allylic oxidation sites excluding steroid dienone is 2. The molecule has 2 N–H and O–H groups in total. The van der Waals surface area contributed by atoms with Crippen LogP contribution in [0.3, 0.4) is 0 Å². The highest BCUT2D eigenvalue weighted by Crippen LogP contribution is 2.25. The van der Waals surface area contributed by atoms with E-state index in [9.17, 15) is 4.79 Å². The first-order chi connectivity index (χ1) is 6.16. The van der Waals surface area contributed by atoms with Crippen molar-refractivity contribution < 1.29 is 4.79 Å². The van der Waals surface area contributed by atoms with Crippen molar-refractivity contribution in [2.75, 3.05) is 5.73 Å². The summed E-state index contributed by atoms with van der Waals surface area (Å²) in [4.78, 5) is 11.2. The van der Waals surface area contributed by atoms with Gasteiger partial charge >= 0.3 is 0 Å². The van der Waals surface area contributed by atoms with E-state index in [0.717, 1.165) is 22.4 Å². The number of hydrogen-bond acceptors (Lipinski definition) is 2. The van der Waals surface area contributed by atoms with Crippen LogP contribution >= 0.6 is 0 Å². The fourth-order valence-electron chi connectivity index (χ4n) is 1.70. The van der Waals surface area contributed by atoms with Gasteiger partial charge in [0.15, 0.2) is 5.78 Å². The largest absolute Gasteiger partial charge is 0.399 e. The number of nitrogens with two attached hydrogens (primary N) is 1. The van der Waals surface area contributed by atoms with Crippen LogP contribution in [-0.4, -0.2) is 5.78 Å². The molecule has 0 aromatic heterocycles. The average molecular weight is 173 g/mol. The number of anilines is 1. The lowest BCUT2D eigenvalue weighted by Crippen LogP contribution is -2.08. The first-order valence-corrected chi connectivity index (χ1v) is 4.27. The summed E-state index contributed by atoms with van der Waals surface area (Å²) in [5.74, 6) is 0.163. The van der Waals surface area contributed by atoms with Gasteiger partial charge in [0.25, 0.3) is 0 Å². The van der Waals surface area contributed by atoms with Crippen molar-refractivity contribution in [3.05, 3.63) is 35.4 Å². The third-order valence-corrected chi connectivity index (χ3v) is 2.30. The molecule has 0 fully saturated rings. The Morgan fingerprint density at radius 3 is 2.92 bits per heavy atom. The molecule has 0 amide bonds. The van der Waals surface area contributed by atoms with Crippen molar-refractivity contribution in [2.45, 2.75) is 13.3 Å². The molecular weight excluding hydrogens is 162 g/mol.